The van der Waals surface area contributed by atoms with Gasteiger partial charge < -0.3 is 19.1 Å². The first-order valence-corrected chi connectivity index (χ1v) is 15.1. The third-order valence-corrected chi connectivity index (χ3v) is 6.79. The van der Waals surface area contributed by atoms with Gasteiger partial charge in [0.15, 0.2) is 17.1 Å². The van der Waals surface area contributed by atoms with Crippen LogP contribution in [0.25, 0.3) is 16.8 Å². The lowest BCUT2D eigenvalue weighted by Crippen LogP contribution is -2.19. The third-order valence-electron chi connectivity index (χ3n) is 6.79. The van der Waals surface area contributed by atoms with Gasteiger partial charge in [0.05, 0.1) is 27.5 Å². The number of unbranched alkanes of at least 4 members (excludes halogenated alkanes) is 2. The molecule has 0 amide bonds. The predicted molar refractivity (Wildman–Crippen MR) is 169 cm³/mol. The quantitative estimate of drug-likeness (QED) is 0.198. The van der Waals surface area contributed by atoms with Crippen LogP contribution < -0.4 is 14.2 Å². The molecule has 0 saturated heterocycles. The Morgan fingerprint density at radius 2 is 1.48 bits per heavy atom. The number of aromatic nitrogens is 3. The topological polar surface area (TPSA) is 61.1 Å². The molecule has 0 aliphatic rings. The van der Waals surface area contributed by atoms with Crippen LogP contribution in [0, 0.1) is 12.8 Å². The van der Waals surface area contributed by atoms with Gasteiger partial charge in [0, 0.05) is 18.0 Å². The first-order chi connectivity index (χ1) is 19.3. The fourth-order valence-corrected chi connectivity index (χ4v) is 4.52. The summed E-state index contributed by atoms with van der Waals surface area (Å²) in [5, 5.41) is 4.35. The summed E-state index contributed by atoms with van der Waals surface area (Å²) in [4.78, 5) is 6.85. The van der Waals surface area contributed by atoms with E-state index in [1.165, 1.54) is 64.5 Å². The van der Waals surface area contributed by atoms with Gasteiger partial charge in [-0.2, -0.15) is 5.10 Å². The second kappa shape index (κ2) is 20.1. The number of methoxy groups -OCH3 is 3. The summed E-state index contributed by atoms with van der Waals surface area (Å²) in [7, 11) is 6.97. The van der Waals surface area contributed by atoms with Gasteiger partial charge in [0.25, 0.3) is 0 Å². The molecule has 1 unspecified atom stereocenters. The molecule has 226 valence electrons. The first-order valence-electron chi connectivity index (χ1n) is 15.1. The number of nitrogens with zero attached hydrogens (tertiary/aromatic N) is 4. The van der Waals surface area contributed by atoms with Gasteiger partial charge >= 0.3 is 0 Å². The average molecular weight is 557 g/mol. The maximum absolute atomic E-state index is 5.40. The standard InChI is InChI=1S/C16H17N3O3.C9H20.C8H19N/c1-10-7-17-16-12(8-18-19(16)9-10)11-5-13(20-2)15(22-4)14(6-11)21-3;2*1-4-6-8-9(3)7-5-2/h5-9H,1-4H3;9H,4-8H2,1-3H3;4-8H2,1-3H3. The highest BCUT2D eigenvalue weighted by Crippen LogP contribution is 2.41. The number of aryl methyl sites for hydroxylation is 1. The summed E-state index contributed by atoms with van der Waals surface area (Å²) in [5.41, 5.74) is 3.63. The molecular formula is C33H56N4O3. The van der Waals surface area contributed by atoms with Crippen molar-refractivity contribution < 1.29 is 14.2 Å². The molecule has 0 aliphatic carbocycles. The fourth-order valence-electron chi connectivity index (χ4n) is 4.52. The molecule has 1 atom stereocenters. The van der Waals surface area contributed by atoms with Gasteiger partial charge in [0.1, 0.15) is 0 Å². The summed E-state index contributed by atoms with van der Waals surface area (Å²) < 4.78 is 17.9. The number of rotatable bonds is 14. The molecule has 0 spiro atoms. The average Bonchev–Trinajstić information content (AvgIpc) is 3.38. The van der Waals surface area contributed by atoms with Crippen molar-refractivity contribution in [2.75, 3.05) is 41.5 Å². The summed E-state index contributed by atoms with van der Waals surface area (Å²) >= 11 is 0. The van der Waals surface area contributed by atoms with E-state index in [-0.39, 0.29) is 0 Å². The molecule has 7 nitrogen and oxygen atoms in total. The minimum atomic E-state index is 0.564. The zero-order valence-electron chi connectivity index (χ0n) is 27.0. The van der Waals surface area contributed by atoms with E-state index in [1.807, 2.05) is 31.5 Å². The molecule has 0 radical (unpaired) electrons. The van der Waals surface area contributed by atoms with Crippen molar-refractivity contribution in [1.82, 2.24) is 19.5 Å². The van der Waals surface area contributed by atoms with Crippen LogP contribution in [-0.2, 0) is 0 Å². The zero-order valence-corrected chi connectivity index (χ0v) is 27.0. The molecule has 0 aliphatic heterocycles. The number of hydrogen-bond donors (Lipinski definition) is 0. The van der Waals surface area contributed by atoms with Crippen molar-refractivity contribution >= 4 is 5.65 Å². The van der Waals surface area contributed by atoms with E-state index in [2.05, 4.69) is 56.6 Å². The monoisotopic (exact) mass is 556 g/mol. The highest BCUT2D eigenvalue weighted by molar-refractivity contribution is 5.80. The molecule has 1 aromatic carbocycles. The lowest BCUT2D eigenvalue weighted by atomic mass is 10.00. The predicted octanol–water partition coefficient (Wildman–Crippen LogP) is 8.47. The van der Waals surface area contributed by atoms with Gasteiger partial charge in [0.2, 0.25) is 5.75 Å². The molecule has 0 N–H and O–H groups in total. The van der Waals surface area contributed by atoms with Crippen LogP contribution in [0.15, 0.2) is 30.7 Å². The van der Waals surface area contributed by atoms with E-state index in [0.29, 0.717) is 17.2 Å². The van der Waals surface area contributed by atoms with E-state index in [4.69, 9.17) is 14.2 Å². The van der Waals surface area contributed by atoms with Gasteiger partial charge in [-0.15, -0.1) is 0 Å². The van der Waals surface area contributed by atoms with Crippen LogP contribution >= 0.6 is 0 Å². The second-order valence-electron chi connectivity index (χ2n) is 10.6. The molecule has 3 rings (SSSR count). The van der Waals surface area contributed by atoms with Gasteiger partial charge in [-0.1, -0.05) is 73.1 Å². The first kappa shape index (κ1) is 35.2. The third kappa shape index (κ3) is 11.7. The van der Waals surface area contributed by atoms with Crippen molar-refractivity contribution in [3.8, 4) is 28.4 Å². The SMILES string of the molecule is CCCCC(C)CCC.CCCCN(C)CCC.COc1cc(-c2cnn3cc(C)cnc23)cc(OC)c1OC. The minimum Gasteiger partial charge on any atom is -0.493 e. The van der Waals surface area contributed by atoms with E-state index >= 15 is 0 Å². The lowest BCUT2D eigenvalue weighted by Gasteiger charge is -2.13. The molecular weight excluding hydrogens is 500 g/mol. The largest absolute Gasteiger partial charge is 0.493 e. The number of hydrogen-bond acceptors (Lipinski definition) is 6. The fraction of sp³-hybridized carbons (Fsp3) is 0.636. The molecule has 0 fully saturated rings. The van der Waals surface area contributed by atoms with Crippen molar-refractivity contribution in [3.63, 3.8) is 0 Å². The van der Waals surface area contributed by atoms with Gasteiger partial charge in [-0.3, -0.25) is 0 Å². The van der Waals surface area contributed by atoms with E-state index in [1.54, 1.807) is 32.0 Å². The van der Waals surface area contributed by atoms with E-state index in [9.17, 15) is 0 Å². The Balaban J connectivity index is 0.000000370. The Morgan fingerprint density at radius 1 is 0.825 bits per heavy atom. The van der Waals surface area contributed by atoms with Crippen LogP contribution in [0.5, 0.6) is 17.2 Å². The molecule has 7 heteroatoms. The minimum absolute atomic E-state index is 0.564. The normalized spacial score (nSPS) is 11.4. The maximum Gasteiger partial charge on any atom is 0.203 e. The Bertz CT molecular complexity index is 1040. The summed E-state index contributed by atoms with van der Waals surface area (Å²) in [6.07, 6.45) is 16.4. The summed E-state index contributed by atoms with van der Waals surface area (Å²) in [5.74, 6) is 2.73. The van der Waals surface area contributed by atoms with Crippen molar-refractivity contribution in [1.29, 1.82) is 0 Å². The molecule has 2 heterocycles. The summed E-state index contributed by atoms with van der Waals surface area (Å²) in [6.45, 7) is 15.8. The van der Waals surface area contributed by atoms with Gasteiger partial charge in [-0.25, -0.2) is 9.50 Å². The number of ether oxygens (including phenoxy) is 3. The summed E-state index contributed by atoms with van der Waals surface area (Å²) in [6, 6.07) is 3.78. The molecule has 40 heavy (non-hydrogen) atoms. The van der Waals surface area contributed by atoms with Crippen molar-refractivity contribution in [3.05, 3.63) is 36.3 Å². The van der Waals surface area contributed by atoms with E-state index < -0.39 is 0 Å². The van der Waals surface area contributed by atoms with Crippen LogP contribution in [0.2, 0.25) is 0 Å². The van der Waals surface area contributed by atoms with Gasteiger partial charge in [-0.05, 0) is 69.1 Å². The van der Waals surface area contributed by atoms with Crippen LogP contribution in [0.4, 0.5) is 0 Å². The second-order valence-corrected chi connectivity index (χ2v) is 10.6. The lowest BCUT2D eigenvalue weighted by molar-refractivity contribution is 0.324. The van der Waals surface area contributed by atoms with Crippen molar-refractivity contribution in [2.45, 2.75) is 92.9 Å². The Kier molecular flexibility index (Phi) is 17.7. The van der Waals surface area contributed by atoms with Crippen LogP contribution in [-0.4, -0.2) is 61.0 Å². The molecule has 0 saturated carbocycles. The molecule has 2 aromatic heterocycles. The van der Waals surface area contributed by atoms with E-state index in [0.717, 1.165) is 28.3 Å². The number of benzene rings is 1. The van der Waals surface area contributed by atoms with Crippen molar-refractivity contribution in [2.24, 2.45) is 5.92 Å². The Hall–Kier alpha value is -2.80. The van der Waals surface area contributed by atoms with Crippen LogP contribution in [0.1, 0.15) is 91.5 Å². The number of fused-ring (bicyclic) bond motifs is 1. The molecule has 3 aromatic rings. The maximum atomic E-state index is 5.40. The zero-order chi connectivity index (χ0) is 29.9. The Morgan fingerprint density at radius 3 is 2.00 bits per heavy atom. The smallest absolute Gasteiger partial charge is 0.203 e. The highest BCUT2D eigenvalue weighted by Gasteiger charge is 2.16. The highest BCUT2D eigenvalue weighted by atomic mass is 16.5. The molecule has 0 bridgehead atoms. The Labute approximate surface area is 244 Å². The van der Waals surface area contributed by atoms with Crippen LogP contribution in [0.3, 0.4) is 0 Å².